The molecule has 2 aromatic rings. The van der Waals surface area contributed by atoms with Gasteiger partial charge in [-0.2, -0.15) is 0 Å². The summed E-state index contributed by atoms with van der Waals surface area (Å²) >= 11 is 0. The van der Waals surface area contributed by atoms with E-state index in [2.05, 4.69) is 24.5 Å². The smallest absolute Gasteiger partial charge is 0.271 e. The van der Waals surface area contributed by atoms with Crippen LogP contribution in [0.5, 0.6) is 0 Å². The minimum absolute atomic E-state index is 0.0168. The van der Waals surface area contributed by atoms with E-state index in [1.54, 1.807) is 19.1 Å². The van der Waals surface area contributed by atoms with Gasteiger partial charge >= 0.3 is 0 Å². The van der Waals surface area contributed by atoms with E-state index in [1.807, 2.05) is 24.3 Å². The molecule has 0 aliphatic heterocycles. The van der Waals surface area contributed by atoms with E-state index in [1.165, 1.54) is 17.7 Å². The summed E-state index contributed by atoms with van der Waals surface area (Å²) in [6.07, 6.45) is 0. The maximum atomic E-state index is 12.2. The highest BCUT2D eigenvalue weighted by atomic mass is 16.6. The molecule has 2 aromatic carbocycles. The lowest BCUT2D eigenvalue weighted by Crippen LogP contribution is -2.31. The SMILES string of the molecule is CC(C)c1ccc(NC(=O)[C@H](C)Nc2cccc([N+](=O)[O-])c2)cc1. The molecule has 126 valence electrons. The molecular formula is C18H21N3O3. The second kappa shape index (κ2) is 7.59. The molecule has 0 bridgehead atoms. The lowest BCUT2D eigenvalue weighted by molar-refractivity contribution is -0.384. The van der Waals surface area contributed by atoms with E-state index in [9.17, 15) is 14.9 Å². The number of hydrogen-bond acceptors (Lipinski definition) is 4. The van der Waals surface area contributed by atoms with E-state index >= 15 is 0 Å². The van der Waals surface area contributed by atoms with Crippen LogP contribution >= 0.6 is 0 Å². The van der Waals surface area contributed by atoms with E-state index in [0.717, 1.165) is 5.69 Å². The summed E-state index contributed by atoms with van der Waals surface area (Å²) < 4.78 is 0. The number of carbonyl (C=O) groups is 1. The second-order valence-corrected chi connectivity index (χ2v) is 5.94. The van der Waals surface area contributed by atoms with Crippen molar-refractivity contribution in [1.29, 1.82) is 0 Å². The second-order valence-electron chi connectivity index (χ2n) is 5.94. The van der Waals surface area contributed by atoms with Crippen molar-refractivity contribution in [3.63, 3.8) is 0 Å². The summed E-state index contributed by atoms with van der Waals surface area (Å²) in [5, 5.41) is 16.6. The number of nitrogens with one attached hydrogen (secondary N) is 2. The fourth-order valence-corrected chi connectivity index (χ4v) is 2.23. The first-order valence-corrected chi connectivity index (χ1v) is 7.78. The molecule has 1 amide bonds. The number of carbonyl (C=O) groups excluding carboxylic acids is 1. The third-order valence-electron chi connectivity index (χ3n) is 3.68. The molecule has 0 aromatic heterocycles. The molecule has 0 aliphatic carbocycles. The lowest BCUT2D eigenvalue weighted by Gasteiger charge is -2.15. The van der Waals surface area contributed by atoms with Gasteiger partial charge in [0.05, 0.1) is 4.92 Å². The van der Waals surface area contributed by atoms with Gasteiger partial charge in [0.25, 0.3) is 5.69 Å². The third kappa shape index (κ3) is 4.55. The lowest BCUT2D eigenvalue weighted by atomic mass is 10.0. The number of rotatable bonds is 6. The minimum Gasteiger partial charge on any atom is -0.374 e. The molecule has 1 atom stereocenters. The standard InChI is InChI=1S/C18H21N3O3/c1-12(2)14-7-9-15(10-8-14)20-18(22)13(3)19-16-5-4-6-17(11-16)21(23)24/h4-13,19H,1-3H3,(H,20,22)/t13-/m0/s1. The highest BCUT2D eigenvalue weighted by Crippen LogP contribution is 2.19. The van der Waals surface area contributed by atoms with Gasteiger partial charge in [-0.1, -0.05) is 32.0 Å². The van der Waals surface area contributed by atoms with Crippen molar-refractivity contribution in [2.45, 2.75) is 32.7 Å². The summed E-state index contributed by atoms with van der Waals surface area (Å²) in [5.74, 6) is 0.225. The van der Waals surface area contributed by atoms with Crippen molar-refractivity contribution in [2.75, 3.05) is 10.6 Å². The number of amides is 1. The van der Waals surface area contributed by atoms with Crippen molar-refractivity contribution >= 4 is 23.0 Å². The monoisotopic (exact) mass is 327 g/mol. The molecule has 6 heteroatoms. The average molecular weight is 327 g/mol. The van der Waals surface area contributed by atoms with Gasteiger partial charge in [-0.25, -0.2) is 0 Å². The highest BCUT2D eigenvalue weighted by molar-refractivity contribution is 5.96. The maximum absolute atomic E-state index is 12.2. The van der Waals surface area contributed by atoms with Gasteiger partial charge in [-0.05, 0) is 36.6 Å². The predicted octanol–water partition coefficient (Wildman–Crippen LogP) is 4.16. The molecule has 6 nitrogen and oxygen atoms in total. The van der Waals surface area contributed by atoms with E-state index < -0.39 is 11.0 Å². The summed E-state index contributed by atoms with van der Waals surface area (Å²) in [7, 11) is 0. The van der Waals surface area contributed by atoms with Crippen LogP contribution in [0, 0.1) is 10.1 Å². The number of non-ortho nitro benzene ring substituents is 1. The molecule has 0 saturated heterocycles. The zero-order chi connectivity index (χ0) is 17.7. The number of nitrogens with zero attached hydrogens (tertiary/aromatic N) is 1. The molecule has 0 saturated carbocycles. The Balaban J connectivity index is 1.99. The van der Waals surface area contributed by atoms with Gasteiger partial charge in [-0.15, -0.1) is 0 Å². The summed E-state index contributed by atoms with van der Waals surface area (Å²) in [6.45, 7) is 5.92. The van der Waals surface area contributed by atoms with Crippen molar-refractivity contribution in [3.05, 3.63) is 64.2 Å². The molecule has 0 spiro atoms. The van der Waals surface area contributed by atoms with Crippen LogP contribution in [-0.2, 0) is 4.79 Å². The molecule has 24 heavy (non-hydrogen) atoms. The third-order valence-corrected chi connectivity index (χ3v) is 3.68. The van der Waals surface area contributed by atoms with Gasteiger partial charge in [-0.3, -0.25) is 14.9 Å². The molecular weight excluding hydrogens is 306 g/mol. The Hall–Kier alpha value is -2.89. The fraction of sp³-hybridized carbons (Fsp3) is 0.278. The van der Waals surface area contributed by atoms with Crippen LogP contribution in [0.1, 0.15) is 32.3 Å². The first kappa shape index (κ1) is 17.5. The Morgan fingerprint density at radius 2 is 1.71 bits per heavy atom. The number of nitro benzene ring substituents is 1. The number of hydrogen-bond donors (Lipinski definition) is 2. The average Bonchev–Trinajstić information content (AvgIpc) is 2.55. The minimum atomic E-state index is -0.531. The number of nitro groups is 1. The van der Waals surface area contributed by atoms with Crippen LogP contribution in [0.15, 0.2) is 48.5 Å². The predicted molar refractivity (Wildman–Crippen MR) is 95.3 cm³/mol. The van der Waals surface area contributed by atoms with Crippen LogP contribution < -0.4 is 10.6 Å². The maximum Gasteiger partial charge on any atom is 0.271 e. The largest absolute Gasteiger partial charge is 0.374 e. The Bertz CT molecular complexity index is 727. The van der Waals surface area contributed by atoms with E-state index in [0.29, 0.717) is 11.6 Å². The van der Waals surface area contributed by atoms with Crippen molar-refractivity contribution in [3.8, 4) is 0 Å². The van der Waals surface area contributed by atoms with Crippen LogP contribution in [0.2, 0.25) is 0 Å². The Morgan fingerprint density at radius 3 is 2.29 bits per heavy atom. The van der Waals surface area contributed by atoms with Crippen LogP contribution in [0.25, 0.3) is 0 Å². The van der Waals surface area contributed by atoms with Crippen molar-refractivity contribution in [2.24, 2.45) is 0 Å². The summed E-state index contributed by atoms with van der Waals surface area (Å²) in [4.78, 5) is 22.6. The van der Waals surface area contributed by atoms with Crippen LogP contribution in [0.3, 0.4) is 0 Å². The molecule has 0 aliphatic rings. The van der Waals surface area contributed by atoms with Gasteiger partial charge in [0.1, 0.15) is 6.04 Å². The van der Waals surface area contributed by atoms with Gasteiger partial charge in [0, 0.05) is 23.5 Å². The first-order valence-electron chi connectivity index (χ1n) is 7.78. The number of benzene rings is 2. The normalized spacial score (nSPS) is 11.8. The van der Waals surface area contributed by atoms with Gasteiger partial charge in [0.15, 0.2) is 0 Å². The summed E-state index contributed by atoms with van der Waals surface area (Å²) in [6, 6.07) is 13.3. The number of anilines is 2. The Kier molecular flexibility index (Phi) is 5.52. The molecule has 2 rings (SSSR count). The van der Waals surface area contributed by atoms with Crippen LogP contribution in [0.4, 0.5) is 17.1 Å². The quantitative estimate of drug-likeness (QED) is 0.616. The van der Waals surface area contributed by atoms with Crippen molar-refractivity contribution < 1.29 is 9.72 Å². The molecule has 0 unspecified atom stereocenters. The van der Waals surface area contributed by atoms with Gasteiger partial charge < -0.3 is 10.6 Å². The van der Waals surface area contributed by atoms with Gasteiger partial charge in [0.2, 0.25) is 5.91 Å². The molecule has 0 radical (unpaired) electrons. The Labute approximate surface area is 141 Å². The Morgan fingerprint density at radius 1 is 1.04 bits per heavy atom. The zero-order valence-corrected chi connectivity index (χ0v) is 13.9. The molecule has 0 heterocycles. The van der Waals surface area contributed by atoms with E-state index in [4.69, 9.17) is 0 Å². The first-order chi connectivity index (χ1) is 11.4. The van der Waals surface area contributed by atoms with Crippen LogP contribution in [-0.4, -0.2) is 16.9 Å². The molecule has 0 fully saturated rings. The highest BCUT2D eigenvalue weighted by Gasteiger charge is 2.14. The zero-order valence-electron chi connectivity index (χ0n) is 13.9. The topological polar surface area (TPSA) is 84.3 Å². The van der Waals surface area contributed by atoms with E-state index in [-0.39, 0.29) is 11.6 Å². The summed E-state index contributed by atoms with van der Waals surface area (Å²) in [5.41, 5.74) is 2.44. The van der Waals surface area contributed by atoms with Crippen molar-refractivity contribution in [1.82, 2.24) is 0 Å². The fourth-order valence-electron chi connectivity index (χ4n) is 2.23. The molecule has 2 N–H and O–H groups in total.